The lowest BCUT2D eigenvalue weighted by molar-refractivity contribution is -0.145. The van der Waals surface area contributed by atoms with Gasteiger partial charge >= 0.3 is 5.97 Å². The quantitative estimate of drug-likeness (QED) is 0.682. The van der Waals surface area contributed by atoms with Gasteiger partial charge in [-0.1, -0.05) is 20.3 Å². The third kappa shape index (κ3) is 5.23. The van der Waals surface area contributed by atoms with Gasteiger partial charge in [-0.25, -0.2) is 13.1 Å². The molecular weight excluding hydrogens is 294 g/mol. The molecule has 0 aromatic carbocycles. The summed E-state index contributed by atoms with van der Waals surface area (Å²) in [4.78, 5) is 11.7. The molecule has 1 aliphatic rings. The van der Waals surface area contributed by atoms with E-state index >= 15 is 0 Å². The Kier molecular flexibility index (Phi) is 6.62. The van der Waals surface area contributed by atoms with Crippen molar-refractivity contribution in [3.8, 4) is 0 Å². The molecule has 2 unspecified atom stereocenters. The highest BCUT2D eigenvalue weighted by Crippen LogP contribution is 2.32. The zero-order valence-corrected chi connectivity index (χ0v) is 14.2. The highest BCUT2D eigenvalue weighted by Gasteiger charge is 2.42. The molecular formula is C14H27NO5S. The maximum absolute atomic E-state index is 12.4. The van der Waals surface area contributed by atoms with Gasteiger partial charge in [-0.3, -0.25) is 4.79 Å². The maximum Gasteiger partial charge on any atom is 0.310 e. The molecule has 1 rings (SSSR count). The van der Waals surface area contributed by atoms with E-state index < -0.39 is 27.2 Å². The molecule has 0 heterocycles. The van der Waals surface area contributed by atoms with Gasteiger partial charge in [-0.2, -0.15) is 0 Å². The Morgan fingerprint density at radius 2 is 1.95 bits per heavy atom. The van der Waals surface area contributed by atoms with Crippen LogP contribution in [-0.2, 0) is 24.3 Å². The molecule has 1 fully saturated rings. The number of rotatable bonds is 8. The van der Waals surface area contributed by atoms with Crippen LogP contribution >= 0.6 is 0 Å². The number of methoxy groups -OCH3 is 2. The van der Waals surface area contributed by atoms with Crippen molar-refractivity contribution in [3.05, 3.63) is 0 Å². The highest BCUT2D eigenvalue weighted by atomic mass is 32.2. The molecule has 0 spiro atoms. The van der Waals surface area contributed by atoms with Crippen molar-refractivity contribution in [2.45, 2.75) is 44.8 Å². The number of nitrogens with one attached hydrogen (secondary N) is 1. The first-order valence-corrected chi connectivity index (χ1v) is 8.83. The van der Waals surface area contributed by atoms with Gasteiger partial charge in [0.15, 0.2) is 0 Å². The Bertz CT molecular complexity index is 446. The SMILES string of the molecule is COCCC(C)(C)CNS(=O)(=O)C1CCCC1C(=O)OC. The minimum Gasteiger partial charge on any atom is -0.469 e. The lowest BCUT2D eigenvalue weighted by atomic mass is 9.90. The summed E-state index contributed by atoms with van der Waals surface area (Å²) in [6, 6.07) is 0. The monoisotopic (exact) mass is 321 g/mol. The van der Waals surface area contributed by atoms with Crippen LogP contribution in [0.1, 0.15) is 39.5 Å². The lowest BCUT2D eigenvalue weighted by Crippen LogP contribution is -2.43. The Morgan fingerprint density at radius 1 is 1.29 bits per heavy atom. The van der Waals surface area contributed by atoms with Gasteiger partial charge in [-0.05, 0) is 24.7 Å². The van der Waals surface area contributed by atoms with Gasteiger partial charge in [0.25, 0.3) is 0 Å². The molecule has 0 aliphatic heterocycles. The van der Waals surface area contributed by atoms with Crippen molar-refractivity contribution < 1.29 is 22.7 Å². The fourth-order valence-corrected chi connectivity index (χ4v) is 4.55. The smallest absolute Gasteiger partial charge is 0.310 e. The van der Waals surface area contributed by atoms with Crippen molar-refractivity contribution in [1.82, 2.24) is 4.72 Å². The minimum atomic E-state index is -3.51. The van der Waals surface area contributed by atoms with Crippen LogP contribution in [0.2, 0.25) is 0 Å². The van der Waals surface area contributed by atoms with Gasteiger partial charge in [0.2, 0.25) is 10.0 Å². The average Bonchev–Trinajstić information content (AvgIpc) is 2.93. The lowest BCUT2D eigenvalue weighted by Gasteiger charge is -2.26. The molecule has 0 aromatic heterocycles. The zero-order chi connectivity index (χ0) is 16.1. The first-order valence-electron chi connectivity index (χ1n) is 7.29. The third-order valence-corrected chi connectivity index (χ3v) is 6.00. The summed E-state index contributed by atoms with van der Waals surface area (Å²) in [6.45, 7) is 4.90. The van der Waals surface area contributed by atoms with Crippen molar-refractivity contribution >= 4 is 16.0 Å². The van der Waals surface area contributed by atoms with E-state index in [1.54, 1.807) is 7.11 Å². The predicted molar refractivity (Wildman–Crippen MR) is 80.3 cm³/mol. The summed E-state index contributed by atoms with van der Waals surface area (Å²) < 4.78 is 37.3. The second-order valence-electron chi connectivity index (χ2n) is 6.37. The molecule has 124 valence electrons. The molecule has 0 saturated heterocycles. The topological polar surface area (TPSA) is 81.7 Å². The number of sulfonamides is 1. The van der Waals surface area contributed by atoms with E-state index in [-0.39, 0.29) is 5.41 Å². The van der Waals surface area contributed by atoms with Gasteiger partial charge in [0.05, 0.1) is 18.3 Å². The molecule has 0 radical (unpaired) electrons. The van der Waals surface area contributed by atoms with Gasteiger partial charge < -0.3 is 9.47 Å². The molecule has 0 bridgehead atoms. The first-order chi connectivity index (χ1) is 9.73. The fraction of sp³-hybridized carbons (Fsp3) is 0.929. The van der Waals surface area contributed by atoms with Crippen LogP contribution in [-0.4, -0.2) is 47.0 Å². The maximum atomic E-state index is 12.4. The summed E-state index contributed by atoms with van der Waals surface area (Å²) in [6.07, 6.45) is 2.58. The Hall–Kier alpha value is -0.660. The summed E-state index contributed by atoms with van der Waals surface area (Å²) in [7, 11) is -0.592. The molecule has 0 aromatic rings. The summed E-state index contributed by atoms with van der Waals surface area (Å²) in [5, 5.41) is -0.678. The van der Waals surface area contributed by atoms with Gasteiger partial charge in [-0.15, -0.1) is 0 Å². The van der Waals surface area contributed by atoms with Crippen LogP contribution in [0.5, 0.6) is 0 Å². The Labute approximate surface area is 127 Å². The number of carbonyl (C=O) groups is 1. The zero-order valence-electron chi connectivity index (χ0n) is 13.3. The van der Waals surface area contributed by atoms with Crippen LogP contribution < -0.4 is 4.72 Å². The van der Waals surface area contributed by atoms with Crippen molar-refractivity contribution in [3.63, 3.8) is 0 Å². The van der Waals surface area contributed by atoms with Crippen LogP contribution in [0.4, 0.5) is 0 Å². The molecule has 6 nitrogen and oxygen atoms in total. The third-order valence-electron chi connectivity index (χ3n) is 4.09. The second-order valence-corrected chi connectivity index (χ2v) is 8.36. The van der Waals surface area contributed by atoms with E-state index in [2.05, 4.69) is 4.72 Å². The summed E-state index contributed by atoms with van der Waals surface area (Å²) in [5.41, 5.74) is -0.192. The summed E-state index contributed by atoms with van der Waals surface area (Å²) in [5.74, 6) is -0.976. The second kappa shape index (κ2) is 7.56. The molecule has 1 aliphatic carbocycles. The predicted octanol–water partition coefficient (Wildman–Crippen LogP) is 1.31. The average molecular weight is 321 g/mol. The Balaban J connectivity index is 2.66. The van der Waals surface area contributed by atoms with E-state index in [1.807, 2.05) is 13.8 Å². The van der Waals surface area contributed by atoms with Crippen LogP contribution in [0.3, 0.4) is 0 Å². The fourth-order valence-electron chi connectivity index (χ4n) is 2.59. The molecule has 1 saturated carbocycles. The standard InChI is InChI=1S/C14H27NO5S/c1-14(2,8-9-19-3)10-15-21(17,18)12-7-5-6-11(12)13(16)20-4/h11-12,15H,5-10H2,1-4H3. The van der Waals surface area contributed by atoms with Crippen molar-refractivity contribution in [1.29, 1.82) is 0 Å². The molecule has 7 heteroatoms. The van der Waals surface area contributed by atoms with Crippen molar-refractivity contribution in [2.24, 2.45) is 11.3 Å². The van der Waals surface area contributed by atoms with E-state index in [4.69, 9.17) is 9.47 Å². The first kappa shape index (κ1) is 18.4. The number of carbonyl (C=O) groups excluding carboxylic acids is 1. The van der Waals surface area contributed by atoms with E-state index in [9.17, 15) is 13.2 Å². The molecule has 1 N–H and O–H groups in total. The van der Waals surface area contributed by atoms with Crippen molar-refractivity contribution in [2.75, 3.05) is 27.4 Å². The number of hydrogen-bond acceptors (Lipinski definition) is 5. The number of ether oxygens (including phenoxy) is 2. The van der Waals surface area contributed by atoms with Crippen LogP contribution in [0, 0.1) is 11.3 Å². The van der Waals surface area contributed by atoms with E-state index in [1.165, 1.54) is 7.11 Å². The van der Waals surface area contributed by atoms with Gasteiger partial charge in [0.1, 0.15) is 0 Å². The minimum absolute atomic E-state index is 0.192. The van der Waals surface area contributed by atoms with Crippen LogP contribution in [0.25, 0.3) is 0 Å². The molecule has 2 atom stereocenters. The molecule has 21 heavy (non-hydrogen) atoms. The highest BCUT2D eigenvalue weighted by molar-refractivity contribution is 7.90. The van der Waals surface area contributed by atoms with Gasteiger partial charge in [0, 0.05) is 20.3 Å². The van der Waals surface area contributed by atoms with E-state index in [0.717, 1.165) is 12.8 Å². The summed E-state index contributed by atoms with van der Waals surface area (Å²) >= 11 is 0. The normalized spacial score (nSPS) is 23.2. The Morgan fingerprint density at radius 3 is 2.52 bits per heavy atom. The number of esters is 1. The largest absolute Gasteiger partial charge is 0.469 e. The number of hydrogen-bond donors (Lipinski definition) is 1. The molecule has 0 amide bonds. The van der Waals surface area contributed by atoms with E-state index in [0.29, 0.717) is 26.0 Å². The van der Waals surface area contributed by atoms with Crippen LogP contribution in [0.15, 0.2) is 0 Å².